The van der Waals surface area contributed by atoms with Crippen molar-refractivity contribution in [1.82, 2.24) is 14.8 Å². The van der Waals surface area contributed by atoms with Crippen molar-refractivity contribution >= 4 is 21.6 Å². The molecule has 0 amide bonds. The monoisotopic (exact) mass is 287 g/mol. The first-order valence-electron chi connectivity index (χ1n) is 6.82. The number of aromatic nitrogens is 3. The molecule has 0 radical (unpaired) electrons. The second-order valence-electron chi connectivity index (χ2n) is 5.19. The van der Waals surface area contributed by atoms with Gasteiger partial charge in [0.2, 0.25) is 5.16 Å². The van der Waals surface area contributed by atoms with Crippen LogP contribution in [0.3, 0.4) is 0 Å². The molecule has 0 aromatic carbocycles. The molecule has 18 heavy (non-hydrogen) atoms. The second kappa shape index (κ2) is 8.10. The van der Waals surface area contributed by atoms with E-state index in [0.717, 1.165) is 18.1 Å². The standard InChI is InChI=1S/C13H25N3S2/c1-5-7-8-9-13(3,4)18-17-12-15-14-11-16(12)10-6-2/h11H,5-10H2,1-4H3. The van der Waals surface area contributed by atoms with Gasteiger partial charge in [-0.25, -0.2) is 0 Å². The Bertz CT molecular complexity index is 337. The third-order valence-electron chi connectivity index (χ3n) is 2.77. The van der Waals surface area contributed by atoms with Gasteiger partial charge in [-0.1, -0.05) is 43.9 Å². The first-order chi connectivity index (χ1) is 8.59. The molecule has 5 heteroatoms. The lowest BCUT2D eigenvalue weighted by Gasteiger charge is -2.22. The molecule has 0 N–H and O–H groups in total. The molecule has 1 rings (SSSR count). The normalized spacial score (nSPS) is 12.0. The minimum absolute atomic E-state index is 0.308. The Morgan fingerprint density at radius 2 is 2.00 bits per heavy atom. The molecule has 0 spiro atoms. The summed E-state index contributed by atoms with van der Waals surface area (Å²) in [5.74, 6) is 0. The zero-order chi connectivity index (χ0) is 13.4. The Hall–Kier alpha value is -0.160. The van der Waals surface area contributed by atoms with Crippen LogP contribution in [0.15, 0.2) is 11.5 Å². The molecule has 0 bridgehead atoms. The Balaban J connectivity index is 2.40. The highest BCUT2D eigenvalue weighted by molar-refractivity contribution is 8.77. The van der Waals surface area contributed by atoms with E-state index in [2.05, 4.69) is 42.5 Å². The molecule has 3 nitrogen and oxygen atoms in total. The van der Waals surface area contributed by atoms with E-state index >= 15 is 0 Å². The van der Waals surface area contributed by atoms with Crippen molar-refractivity contribution in [3.05, 3.63) is 6.33 Å². The van der Waals surface area contributed by atoms with Crippen molar-refractivity contribution in [3.63, 3.8) is 0 Å². The van der Waals surface area contributed by atoms with Crippen LogP contribution < -0.4 is 0 Å². The molecule has 0 aliphatic heterocycles. The van der Waals surface area contributed by atoms with E-state index in [-0.39, 0.29) is 0 Å². The van der Waals surface area contributed by atoms with E-state index in [4.69, 9.17) is 0 Å². The first kappa shape index (κ1) is 15.9. The highest BCUT2D eigenvalue weighted by Gasteiger charge is 2.20. The summed E-state index contributed by atoms with van der Waals surface area (Å²) in [5, 5.41) is 9.22. The van der Waals surface area contributed by atoms with Crippen molar-refractivity contribution < 1.29 is 0 Å². The largest absolute Gasteiger partial charge is 0.308 e. The maximum Gasteiger partial charge on any atom is 0.201 e. The quantitative estimate of drug-likeness (QED) is 0.483. The van der Waals surface area contributed by atoms with Crippen LogP contribution in [0.25, 0.3) is 0 Å². The Morgan fingerprint density at radius 3 is 2.67 bits per heavy atom. The number of hydrogen-bond acceptors (Lipinski definition) is 4. The van der Waals surface area contributed by atoms with E-state index < -0.39 is 0 Å². The van der Waals surface area contributed by atoms with Crippen molar-refractivity contribution in [2.45, 2.75) is 76.2 Å². The van der Waals surface area contributed by atoms with E-state index in [9.17, 15) is 0 Å². The molecule has 104 valence electrons. The smallest absolute Gasteiger partial charge is 0.201 e. The van der Waals surface area contributed by atoms with Crippen LogP contribution in [-0.2, 0) is 6.54 Å². The van der Waals surface area contributed by atoms with Crippen LogP contribution in [0.1, 0.15) is 59.8 Å². The predicted octanol–water partition coefficient (Wildman–Crippen LogP) is 4.79. The first-order valence-corrected chi connectivity index (χ1v) is 8.97. The summed E-state index contributed by atoms with van der Waals surface area (Å²) >= 11 is 0. The van der Waals surface area contributed by atoms with E-state index in [0.29, 0.717) is 4.75 Å². The molecule has 0 unspecified atom stereocenters. The fourth-order valence-corrected chi connectivity index (χ4v) is 4.08. The summed E-state index contributed by atoms with van der Waals surface area (Å²) < 4.78 is 2.45. The van der Waals surface area contributed by atoms with E-state index in [1.165, 1.54) is 25.7 Å². The zero-order valence-electron chi connectivity index (χ0n) is 12.0. The average molecular weight is 287 g/mol. The van der Waals surface area contributed by atoms with Crippen molar-refractivity contribution in [3.8, 4) is 0 Å². The van der Waals surface area contributed by atoms with Gasteiger partial charge in [-0.05, 0) is 37.5 Å². The molecule has 0 fully saturated rings. The van der Waals surface area contributed by atoms with Gasteiger partial charge >= 0.3 is 0 Å². The minimum Gasteiger partial charge on any atom is -0.308 e. The van der Waals surface area contributed by atoms with Gasteiger partial charge in [-0.3, -0.25) is 0 Å². The molecule has 0 aliphatic rings. The molecule has 1 aromatic heterocycles. The Labute approximate surface area is 119 Å². The van der Waals surface area contributed by atoms with Gasteiger partial charge in [0.25, 0.3) is 0 Å². The van der Waals surface area contributed by atoms with Gasteiger partial charge in [0.05, 0.1) is 0 Å². The van der Waals surface area contributed by atoms with Gasteiger partial charge in [-0.2, -0.15) is 0 Å². The third-order valence-corrected chi connectivity index (χ3v) is 6.02. The zero-order valence-corrected chi connectivity index (χ0v) is 13.6. The third kappa shape index (κ3) is 5.65. The van der Waals surface area contributed by atoms with Crippen molar-refractivity contribution in [2.24, 2.45) is 0 Å². The highest BCUT2D eigenvalue weighted by Crippen LogP contribution is 2.42. The van der Waals surface area contributed by atoms with Crippen LogP contribution in [0.4, 0.5) is 0 Å². The van der Waals surface area contributed by atoms with Gasteiger partial charge in [0.15, 0.2) is 0 Å². The fourth-order valence-electron chi connectivity index (χ4n) is 1.70. The molecular weight excluding hydrogens is 262 g/mol. The summed E-state index contributed by atoms with van der Waals surface area (Å²) in [5.41, 5.74) is 0. The van der Waals surface area contributed by atoms with Gasteiger partial charge in [0.1, 0.15) is 6.33 Å². The Kier molecular flexibility index (Phi) is 7.15. The Morgan fingerprint density at radius 1 is 1.22 bits per heavy atom. The number of rotatable bonds is 9. The predicted molar refractivity (Wildman–Crippen MR) is 82.0 cm³/mol. The maximum absolute atomic E-state index is 4.19. The summed E-state index contributed by atoms with van der Waals surface area (Å²) in [6.07, 6.45) is 8.16. The lowest BCUT2D eigenvalue weighted by Crippen LogP contribution is -2.12. The summed E-state index contributed by atoms with van der Waals surface area (Å²) in [6, 6.07) is 0. The van der Waals surface area contributed by atoms with Crippen molar-refractivity contribution in [1.29, 1.82) is 0 Å². The lowest BCUT2D eigenvalue weighted by atomic mass is 10.0. The van der Waals surface area contributed by atoms with Crippen molar-refractivity contribution in [2.75, 3.05) is 0 Å². The van der Waals surface area contributed by atoms with Crippen LogP contribution in [0, 0.1) is 0 Å². The molecular formula is C13H25N3S2. The SMILES string of the molecule is CCCCCC(C)(C)SSc1nncn1CCC. The van der Waals surface area contributed by atoms with Crippen LogP contribution in [0.5, 0.6) is 0 Å². The van der Waals surface area contributed by atoms with Crippen LogP contribution in [-0.4, -0.2) is 19.5 Å². The molecule has 1 heterocycles. The molecule has 0 atom stereocenters. The van der Waals surface area contributed by atoms with Crippen LogP contribution in [0.2, 0.25) is 0 Å². The van der Waals surface area contributed by atoms with E-state index in [1.54, 1.807) is 10.8 Å². The minimum atomic E-state index is 0.308. The second-order valence-corrected chi connectivity index (χ2v) is 7.99. The van der Waals surface area contributed by atoms with E-state index in [1.807, 2.05) is 17.1 Å². The summed E-state index contributed by atoms with van der Waals surface area (Å²) in [7, 11) is 3.68. The average Bonchev–Trinajstić information content (AvgIpc) is 2.75. The molecule has 0 saturated carbocycles. The molecule has 0 saturated heterocycles. The maximum atomic E-state index is 4.19. The van der Waals surface area contributed by atoms with Gasteiger partial charge in [-0.15, -0.1) is 10.2 Å². The summed E-state index contributed by atoms with van der Waals surface area (Å²) in [4.78, 5) is 0. The fraction of sp³-hybridized carbons (Fsp3) is 0.846. The molecule has 1 aromatic rings. The molecule has 0 aliphatic carbocycles. The number of nitrogens with zero attached hydrogens (tertiary/aromatic N) is 3. The lowest BCUT2D eigenvalue weighted by molar-refractivity contribution is 0.575. The number of aryl methyl sites for hydroxylation is 1. The highest BCUT2D eigenvalue weighted by atomic mass is 33.1. The topological polar surface area (TPSA) is 30.7 Å². The summed E-state index contributed by atoms with van der Waals surface area (Å²) in [6.45, 7) is 10.1. The number of unbranched alkanes of at least 4 members (excludes halogenated alkanes) is 2. The van der Waals surface area contributed by atoms with Gasteiger partial charge < -0.3 is 4.57 Å². The number of hydrogen-bond donors (Lipinski definition) is 0. The van der Waals surface area contributed by atoms with Crippen LogP contribution >= 0.6 is 21.6 Å². The van der Waals surface area contributed by atoms with Gasteiger partial charge in [0, 0.05) is 11.3 Å².